The van der Waals surface area contributed by atoms with Crippen LogP contribution < -0.4 is 5.32 Å². The molecule has 1 aromatic rings. The average Bonchev–Trinajstić information content (AvgIpc) is 2.21. The van der Waals surface area contributed by atoms with E-state index in [4.69, 9.17) is 23.2 Å². The number of rotatable bonds is 6. The van der Waals surface area contributed by atoms with Crippen molar-refractivity contribution >= 4 is 28.9 Å². The van der Waals surface area contributed by atoms with E-state index in [1.54, 1.807) is 0 Å². The highest BCUT2D eigenvalue weighted by molar-refractivity contribution is 6.34. The lowest BCUT2D eigenvalue weighted by molar-refractivity contribution is 0.442. The fraction of sp³-hybridized carbons (Fsp3) is 0.667. The molecule has 1 N–H and O–H groups in total. The van der Waals surface area contributed by atoms with E-state index in [1.165, 1.54) is 0 Å². The molecule has 0 aliphatic carbocycles. The van der Waals surface area contributed by atoms with E-state index in [0.717, 1.165) is 24.1 Å². The smallest absolute Gasteiger partial charge is 0.154 e. The first-order valence-electron chi connectivity index (χ1n) is 6.88. The minimum atomic E-state index is 0.416. The number of hydrogen-bond acceptors (Lipinski definition) is 2. The lowest BCUT2D eigenvalue weighted by atomic mass is 9.95. The summed E-state index contributed by atoms with van der Waals surface area (Å²) in [7, 11) is 0. The van der Waals surface area contributed by atoms with Gasteiger partial charge in [-0.3, -0.25) is 0 Å². The van der Waals surface area contributed by atoms with Gasteiger partial charge >= 0.3 is 0 Å². The molecule has 0 atom stereocenters. The summed E-state index contributed by atoms with van der Waals surface area (Å²) in [6, 6.07) is 2.26. The molecule has 1 rings (SSSR count). The molecule has 0 aromatic carbocycles. The van der Waals surface area contributed by atoms with Crippen LogP contribution in [0.25, 0.3) is 0 Å². The lowest BCUT2D eigenvalue weighted by Crippen LogP contribution is -2.24. The van der Waals surface area contributed by atoms with E-state index in [9.17, 15) is 0 Å². The lowest BCUT2D eigenvalue weighted by Gasteiger charge is -2.25. The van der Waals surface area contributed by atoms with Crippen LogP contribution in [0.5, 0.6) is 0 Å². The third-order valence-corrected chi connectivity index (χ3v) is 3.47. The van der Waals surface area contributed by atoms with E-state index in [0.29, 0.717) is 28.2 Å². The molecule has 4 heteroatoms. The second kappa shape index (κ2) is 7.35. The standard InChI is InChI=1S/C15H24Cl2N2/c1-9(2)6-12(7-10(3)4)18-14-11(5)8-13(16)19-15(14)17/h8-10,12,18H,6-7H2,1-5H3. The number of pyridine rings is 1. The van der Waals surface area contributed by atoms with Gasteiger partial charge < -0.3 is 5.32 Å². The van der Waals surface area contributed by atoms with Crippen molar-refractivity contribution in [3.05, 3.63) is 21.9 Å². The maximum Gasteiger partial charge on any atom is 0.154 e. The zero-order valence-corrected chi connectivity index (χ0v) is 13.9. The van der Waals surface area contributed by atoms with Gasteiger partial charge in [0.2, 0.25) is 0 Å². The minimum absolute atomic E-state index is 0.416. The Balaban J connectivity index is 2.89. The third kappa shape index (κ3) is 5.58. The third-order valence-electron chi connectivity index (χ3n) is 3.00. The first kappa shape index (κ1) is 16.6. The Hall–Kier alpha value is -0.470. The first-order valence-corrected chi connectivity index (χ1v) is 7.64. The van der Waals surface area contributed by atoms with Gasteiger partial charge in [-0.1, -0.05) is 50.9 Å². The minimum Gasteiger partial charge on any atom is -0.380 e. The number of anilines is 1. The fourth-order valence-corrected chi connectivity index (χ4v) is 2.91. The van der Waals surface area contributed by atoms with Crippen molar-refractivity contribution in [3.8, 4) is 0 Å². The van der Waals surface area contributed by atoms with Gasteiger partial charge in [0, 0.05) is 6.04 Å². The van der Waals surface area contributed by atoms with Gasteiger partial charge in [0.05, 0.1) is 5.69 Å². The summed E-state index contributed by atoms with van der Waals surface area (Å²) in [5.41, 5.74) is 1.96. The highest BCUT2D eigenvalue weighted by Gasteiger charge is 2.16. The molecule has 0 aliphatic heterocycles. The van der Waals surface area contributed by atoms with Crippen molar-refractivity contribution in [3.63, 3.8) is 0 Å². The van der Waals surface area contributed by atoms with Crippen LogP contribution in [0.4, 0.5) is 5.69 Å². The molecule has 0 radical (unpaired) electrons. The summed E-state index contributed by atoms with van der Waals surface area (Å²) in [6.45, 7) is 11.0. The van der Waals surface area contributed by atoms with Gasteiger partial charge in [-0.15, -0.1) is 0 Å². The van der Waals surface area contributed by atoms with Crippen LogP contribution in [-0.4, -0.2) is 11.0 Å². The highest BCUT2D eigenvalue weighted by atomic mass is 35.5. The van der Waals surface area contributed by atoms with Crippen molar-refractivity contribution in [2.75, 3.05) is 5.32 Å². The van der Waals surface area contributed by atoms with Crippen LogP contribution in [0.1, 0.15) is 46.1 Å². The number of nitrogens with zero attached hydrogens (tertiary/aromatic N) is 1. The van der Waals surface area contributed by atoms with Crippen molar-refractivity contribution < 1.29 is 0 Å². The Labute approximate surface area is 126 Å². The van der Waals surface area contributed by atoms with E-state index in [1.807, 2.05) is 13.0 Å². The van der Waals surface area contributed by atoms with Crippen LogP contribution in [0, 0.1) is 18.8 Å². The number of aryl methyl sites for hydroxylation is 1. The van der Waals surface area contributed by atoms with Gasteiger partial charge in [0.15, 0.2) is 5.15 Å². The Bertz CT molecular complexity index is 384. The predicted octanol–water partition coefficient (Wildman–Crippen LogP) is 5.57. The van der Waals surface area contributed by atoms with Crippen LogP contribution in [0.15, 0.2) is 6.07 Å². The monoisotopic (exact) mass is 302 g/mol. The van der Waals surface area contributed by atoms with Gasteiger partial charge in [-0.2, -0.15) is 0 Å². The maximum atomic E-state index is 6.19. The summed E-state index contributed by atoms with van der Waals surface area (Å²) in [4.78, 5) is 4.11. The molecule has 0 aliphatic rings. The number of nitrogens with one attached hydrogen (secondary N) is 1. The molecule has 0 fully saturated rings. The molecule has 0 amide bonds. The van der Waals surface area contributed by atoms with Crippen molar-refractivity contribution in [2.45, 2.75) is 53.5 Å². The van der Waals surface area contributed by atoms with Crippen molar-refractivity contribution in [1.29, 1.82) is 0 Å². The molecule has 0 saturated heterocycles. The summed E-state index contributed by atoms with van der Waals surface area (Å²) in [6.07, 6.45) is 2.24. The van der Waals surface area contributed by atoms with Gasteiger partial charge in [-0.25, -0.2) is 4.98 Å². The number of halogens is 2. The fourth-order valence-electron chi connectivity index (χ4n) is 2.33. The highest BCUT2D eigenvalue weighted by Crippen LogP contribution is 2.29. The molecular formula is C15H24Cl2N2. The van der Waals surface area contributed by atoms with Crippen LogP contribution in [0.2, 0.25) is 10.3 Å². The Morgan fingerprint density at radius 2 is 1.63 bits per heavy atom. The summed E-state index contributed by atoms with van der Waals surface area (Å²) >= 11 is 12.1. The molecule has 0 unspecified atom stereocenters. The van der Waals surface area contributed by atoms with Crippen LogP contribution in [-0.2, 0) is 0 Å². The van der Waals surface area contributed by atoms with Crippen LogP contribution in [0.3, 0.4) is 0 Å². The van der Waals surface area contributed by atoms with Crippen molar-refractivity contribution in [2.24, 2.45) is 11.8 Å². The number of aromatic nitrogens is 1. The molecule has 0 spiro atoms. The summed E-state index contributed by atoms with van der Waals surface area (Å²) in [5.74, 6) is 1.30. The topological polar surface area (TPSA) is 24.9 Å². The summed E-state index contributed by atoms with van der Waals surface area (Å²) in [5, 5.41) is 4.45. The maximum absolute atomic E-state index is 6.19. The molecule has 1 aromatic heterocycles. The average molecular weight is 303 g/mol. The van der Waals surface area contributed by atoms with E-state index < -0.39 is 0 Å². The first-order chi connectivity index (χ1) is 8.79. The van der Waals surface area contributed by atoms with Gasteiger partial charge in [0.25, 0.3) is 0 Å². The Morgan fingerprint density at radius 1 is 1.11 bits per heavy atom. The largest absolute Gasteiger partial charge is 0.380 e. The normalized spacial score (nSPS) is 11.7. The SMILES string of the molecule is Cc1cc(Cl)nc(Cl)c1NC(CC(C)C)CC(C)C. The van der Waals surface area contributed by atoms with Crippen molar-refractivity contribution in [1.82, 2.24) is 4.98 Å². The zero-order valence-electron chi connectivity index (χ0n) is 12.4. The number of hydrogen-bond donors (Lipinski definition) is 1. The van der Waals surface area contributed by atoms with Gasteiger partial charge in [0.1, 0.15) is 5.15 Å². The second-order valence-corrected chi connectivity index (χ2v) is 6.77. The molecule has 0 bridgehead atoms. The molecule has 1 heterocycles. The Kier molecular flexibility index (Phi) is 6.41. The summed E-state index contributed by atoms with van der Waals surface area (Å²) < 4.78 is 0. The molecule has 19 heavy (non-hydrogen) atoms. The van der Waals surface area contributed by atoms with Crippen LogP contribution >= 0.6 is 23.2 Å². The molecule has 108 valence electrons. The quantitative estimate of drug-likeness (QED) is 0.695. The van der Waals surface area contributed by atoms with Gasteiger partial charge in [-0.05, 0) is 43.2 Å². The van der Waals surface area contributed by atoms with E-state index in [2.05, 4.69) is 38.0 Å². The Morgan fingerprint density at radius 3 is 2.05 bits per heavy atom. The second-order valence-electron chi connectivity index (χ2n) is 6.03. The van der Waals surface area contributed by atoms with E-state index >= 15 is 0 Å². The predicted molar refractivity (Wildman–Crippen MR) is 85.3 cm³/mol. The molecule has 0 saturated carbocycles. The molecule has 2 nitrogen and oxygen atoms in total. The zero-order chi connectivity index (χ0) is 14.6. The van der Waals surface area contributed by atoms with E-state index in [-0.39, 0.29) is 0 Å². The molecular weight excluding hydrogens is 279 g/mol.